The summed E-state index contributed by atoms with van der Waals surface area (Å²) >= 11 is 0. The van der Waals surface area contributed by atoms with Crippen LogP contribution in [0.25, 0.3) is 0 Å². The highest BCUT2D eigenvalue weighted by molar-refractivity contribution is 6.68. The molecule has 1 amide bonds. The van der Waals surface area contributed by atoms with E-state index in [1.807, 2.05) is 0 Å². The topological polar surface area (TPSA) is 147 Å². The third-order valence-corrected chi connectivity index (χ3v) is 2.58. The predicted molar refractivity (Wildman–Crippen MR) is 72.1 cm³/mol. The number of carbonyl (C=O) groups excluding carboxylic acids is 1. The Morgan fingerprint density at radius 2 is 2.00 bits per heavy atom. The number of nitro benzene ring substituents is 1. The van der Waals surface area contributed by atoms with E-state index in [2.05, 4.69) is 20.5 Å². The van der Waals surface area contributed by atoms with Gasteiger partial charge in [0, 0.05) is 17.7 Å². The Morgan fingerprint density at radius 3 is 2.50 bits per heavy atom. The van der Waals surface area contributed by atoms with E-state index in [4.69, 9.17) is 5.11 Å². The number of carboxylic acid groups (broad SMARTS) is 1. The number of amides is 1. The van der Waals surface area contributed by atoms with Crippen molar-refractivity contribution < 1.29 is 24.4 Å². The summed E-state index contributed by atoms with van der Waals surface area (Å²) in [7, 11) is 1.11. The highest BCUT2D eigenvalue weighted by Gasteiger charge is 2.27. The number of nitrogens with one attached hydrogen (secondary N) is 1. The van der Waals surface area contributed by atoms with Crippen LogP contribution in [0.3, 0.4) is 0 Å². The van der Waals surface area contributed by atoms with Gasteiger partial charge in [0.25, 0.3) is 5.69 Å². The van der Waals surface area contributed by atoms with Crippen LogP contribution >= 0.6 is 0 Å². The molecule has 0 atom stereocenters. The van der Waals surface area contributed by atoms with Crippen LogP contribution in [0.5, 0.6) is 0 Å². The standard InChI is InChI=1S/C11H9N5O6/c1-22-11(19)15-13-8(9(10(17)18)12-14-15)6-2-4-7(5-3-6)16(20)21/h2-5,14H,1H3,(H,17,18). The molecule has 0 saturated carbocycles. The molecule has 114 valence electrons. The predicted octanol–water partition coefficient (Wildman–Crippen LogP) is 0.326. The van der Waals surface area contributed by atoms with Gasteiger partial charge in [0.2, 0.25) is 0 Å². The molecule has 0 aliphatic carbocycles. The lowest BCUT2D eigenvalue weighted by Gasteiger charge is -2.20. The maximum absolute atomic E-state index is 11.4. The fraction of sp³-hybridized carbons (Fsp3) is 0.0909. The summed E-state index contributed by atoms with van der Waals surface area (Å²) in [4.78, 5) is 32.6. The van der Waals surface area contributed by atoms with Gasteiger partial charge < -0.3 is 9.84 Å². The largest absolute Gasteiger partial charge is 0.476 e. The van der Waals surface area contributed by atoms with Gasteiger partial charge in [-0.05, 0) is 12.1 Å². The van der Waals surface area contributed by atoms with Gasteiger partial charge in [-0.1, -0.05) is 5.12 Å². The number of ether oxygens (including phenoxy) is 1. The Morgan fingerprint density at radius 1 is 1.36 bits per heavy atom. The van der Waals surface area contributed by atoms with Crippen LogP contribution in [0.1, 0.15) is 5.56 Å². The lowest BCUT2D eigenvalue weighted by atomic mass is 10.1. The number of non-ortho nitro benzene ring substituents is 1. The van der Waals surface area contributed by atoms with Gasteiger partial charge in [0.05, 0.1) is 12.0 Å². The van der Waals surface area contributed by atoms with E-state index in [0.717, 1.165) is 7.11 Å². The summed E-state index contributed by atoms with van der Waals surface area (Å²) in [5.74, 6) is -1.38. The van der Waals surface area contributed by atoms with Crippen LogP contribution in [-0.2, 0) is 9.53 Å². The van der Waals surface area contributed by atoms with Crippen LogP contribution < -0.4 is 5.53 Å². The Hall–Kier alpha value is -3.50. The van der Waals surface area contributed by atoms with Crippen LogP contribution in [0.15, 0.2) is 34.5 Å². The van der Waals surface area contributed by atoms with Gasteiger partial charge in [-0.25, -0.2) is 9.59 Å². The zero-order valence-electron chi connectivity index (χ0n) is 11.1. The first-order chi connectivity index (χ1) is 10.4. The molecular formula is C11H9N5O6. The molecule has 1 heterocycles. The summed E-state index contributed by atoms with van der Waals surface area (Å²) in [5.41, 5.74) is 1.57. The lowest BCUT2D eigenvalue weighted by Crippen LogP contribution is -2.44. The summed E-state index contributed by atoms with van der Waals surface area (Å²) in [6.07, 6.45) is -0.910. The zero-order valence-corrected chi connectivity index (χ0v) is 11.1. The molecule has 0 bridgehead atoms. The van der Waals surface area contributed by atoms with Crippen molar-refractivity contribution >= 4 is 29.2 Å². The Labute approximate surface area is 122 Å². The molecule has 1 aromatic carbocycles. The van der Waals surface area contributed by atoms with Crippen molar-refractivity contribution in [2.45, 2.75) is 0 Å². The van der Waals surface area contributed by atoms with Crippen LogP contribution in [0, 0.1) is 10.1 Å². The molecule has 0 spiro atoms. The Bertz CT molecular complexity index is 695. The van der Waals surface area contributed by atoms with E-state index < -0.39 is 22.7 Å². The quantitative estimate of drug-likeness (QED) is 0.603. The SMILES string of the molecule is COC(=O)N1N=C(c2ccc([N+](=O)[O-])cc2)C(C(=O)O)=NN1. The minimum atomic E-state index is -1.38. The molecule has 2 rings (SSSR count). The van der Waals surface area contributed by atoms with Gasteiger partial charge in [-0.3, -0.25) is 10.1 Å². The van der Waals surface area contributed by atoms with Crippen molar-refractivity contribution in [1.82, 2.24) is 10.7 Å². The minimum Gasteiger partial charge on any atom is -0.476 e. The second-order valence-electron chi connectivity index (χ2n) is 3.90. The molecule has 11 heteroatoms. The van der Waals surface area contributed by atoms with Crippen molar-refractivity contribution in [3.8, 4) is 0 Å². The van der Waals surface area contributed by atoms with Crippen LogP contribution in [0.2, 0.25) is 0 Å². The fourth-order valence-electron chi connectivity index (χ4n) is 1.57. The van der Waals surface area contributed by atoms with E-state index in [1.165, 1.54) is 24.3 Å². The molecule has 0 radical (unpaired) electrons. The average molecular weight is 307 g/mol. The number of hydrogen-bond donors (Lipinski definition) is 2. The first-order valence-electron chi connectivity index (χ1n) is 5.72. The first kappa shape index (κ1) is 14.9. The van der Waals surface area contributed by atoms with E-state index >= 15 is 0 Å². The number of benzene rings is 1. The smallest absolute Gasteiger partial charge is 0.451 e. The number of hydrazine groups is 1. The number of nitrogens with zero attached hydrogens (tertiary/aromatic N) is 4. The van der Waals surface area contributed by atoms with Crippen LogP contribution in [0.4, 0.5) is 10.5 Å². The van der Waals surface area contributed by atoms with Crippen molar-refractivity contribution in [1.29, 1.82) is 0 Å². The second kappa shape index (κ2) is 5.87. The van der Waals surface area contributed by atoms with Gasteiger partial charge >= 0.3 is 12.1 Å². The maximum atomic E-state index is 11.4. The lowest BCUT2D eigenvalue weighted by molar-refractivity contribution is -0.384. The van der Waals surface area contributed by atoms with Gasteiger partial charge in [-0.15, -0.1) is 10.2 Å². The molecule has 2 N–H and O–H groups in total. The van der Waals surface area contributed by atoms with Crippen molar-refractivity contribution in [3.05, 3.63) is 39.9 Å². The molecule has 0 saturated heterocycles. The van der Waals surface area contributed by atoms with Gasteiger partial charge in [0.15, 0.2) is 5.71 Å². The monoisotopic (exact) mass is 307 g/mol. The summed E-state index contributed by atoms with van der Waals surface area (Å²) in [6.45, 7) is 0. The van der Waals surface area contributed by atoms with E-state index in [-0.39, 0.29) is 17.0 Å². The normalized spacial score (nSPS) is 13.6. The molecular weight excluding hydrogens is 298 g/mol. The number of hydrazone groups is 2. The van der Waals surface area contributed by atoms with Gasteiger partial charge in [0.1, 0.15) is 5.71 Å². The third kappa shape index (κ3) is 2.82. The molecule has 1 aliphatic rings. The number of rotatable bonds is 3. The molecule has 11 nitrogen and oxygen atoms in total. The number of carboxylic acids is 1. The highest BCUT2D eigenvalue weighted by atomic mass is 16.6. The Balaban J connectivity index is 2.43. The number of aliphatic carboxylic acids is 1. The summed E-state index contributed by atoms with van der Waals surface area (Å²) in [6, 6.07) is 4.97. The van der Waals surface area contributed by atoms with Crippen molar-refractivity contribution in [2.24, 2.45) is 10.2 Å². The van der Waals surface area contributed by atoms with E-state index in [1.54, 1.807) is 0 Å². The molecule has 0 fully saturated rings. The first-order valence-corrected chi connectivity index (χ1v) is 5.72. The van der Waals surface area contributed by atoms with E-state index in [9.17, 15) is 19.7 Å². The Kier molecular flexibility index (Phi) is 3.97. The molecule has 1 aromatic rings. The van der Waals surface area contributed by atoms with E-state index in [0.29, 0.717) is 5.12 Å². The highest BCUT2D eigenvalue weighted by Crippen LogP contribution is 2.15. The number of nitro groups is 1. The fourth-order valence-corrected chi connectivity index (χ4v) is 1.57. The molecule has 22 heavy (non-hydrogen) atoms. The maximum Gasteiger partial charge on any atom is 0.451 e. The second-order valence-corrected chi connectivity index (χ2v) is 3.90. The third-order valence-electron chi connectivity index (χ3n) is 2.58. The molecule has 0 unspecified atom stereocenters. The summed E-state index contributed by atoms with van der Waals surface area (Å²) in [5, 5.41) is 27.6. The van der Waals surface area contributed by atoms with Crippen molar-refractivity contribution in [3.63, 3.8) is 0 Å². The van der Waals surface area contributed by atoms with Crippen molar-refractivity contribution in [2.75, 3.05) is 7.11 Å². The van der Waals surface area contributed by atoms with Gasteiger partial charge in [-0.2, -0.15) is 5.53 Å². The zero-order chi connectivity index (χ0) is 16.3. The summed E-state index contributed by atoms with van der Waals surface area (Å²) < 4.78 is 4.43. The van der Waals surface area contributed by atoms with Crippen LogP contribution in [-0.4, -0.2) is 45.7 Å². The number of carbonyl (C=O) groups is 2. The average Bonchev–Trinajstić information content (AvgIpc) is 2.53. The number of hydrogen-bond acceptors (Lipinski definition) is 8. The minimum absolute atomic E-state index is 0.147. The molecule has 0 aromatic heterocycles. The number of methoxy groups -OCH3 is 1. The molecule has 1 aliphatic heterocycles.